The van der Waals surface area contributed by atoms with Crippen molar-refractivity contribution < 1.29 is 9.53 Å². The Morgan fingerprint density at radius 3 is 2.69 bits per heavy atom. The van der Waals surface area contributed by atoms with Crippen molar-refractivity contribution in [2.24, 2.45) is 5.92 Å². The molecule has 1 aliphatic heterocycles. The van der Waals surface area contributed by atoms with Crippen LogP contribution in [0.25, 0.3) is 10.9 Å². The average molecular weight is 412 g/mol. The minimum atomic E-state index is -0.103. The fourth-order valence-corrected chi connectivity index (χ4v) is 3.98. The summed E-state index contributed by atoms with van der Waals surface area (Å²) < 4.78 is 7.53. The van der Waals surface area contributed by atoms with Gasteiger partial charge in [-0.05, 0) is 68.2 Å². The molecule has 0 unspecified atom stereocenters. The van der Waals surface area contributed by atoms with E-state index in [9.17, 15) is 4.79 Å². The van der Waals surface area contributed by atoms with Crippen LogP contribution in [0, 0.1) is 5.92 Å². The molecule has 1 amide bonds. The van der Waals surface area contributed by atoms with Crippen LogP contribution in [0.5, 0.6) is 5.75 Å². The quantitative estimate of drug-likeness (QED) is 0.642. The predicted molar refractivity (Wildman–Crippen MR) is 117 cm³/mol. The number of ether oxygens (including phenoxy) is 1. The highest BCUT2D eigenvalue weighted by Crippen LogP contribution is 2.21. The smallest absolute Gasteiger partial charge is 0.326 e. The lowest BCUT2D eigenvalue weighted by molar-refractivity contribution is 0.142. The molecule has 29 heavy (non-hydrogen) atoms. The van der Waals surface area contributed by atoms with Crippen molar-refractivity contribution in [3.05, 3.63) is 65.8 Å². The van der Waals surface area contributed by atoms with Gasteiger partial charge in [-0.15, -0.1) is 0 Å². The Balaban J connectivity index is 1.18. The maximum Gasteiger partial charge on any atom is 0.326 e. The van der Waals surface area contributed by atoms with Crippen molar-refractivity contribution in [2.45, 2.75) is 12.8 Å². The summed E-state index contributed by atoms with van der Waals surface area (Å²) in [6, 6.07) is 17.3. The normalized spacial score (nSPS) is 15.5. The van der Waals surface area contributed by atoms with E-state index in [2.05, 4.69) is 10.2 Å². The molecule has 152 valence electrons. The lowest BCUT2D eigenvalue weighted by atomic mass is 9.98. The Kier molecular flexibility index (Phi) is 6.37. The van der Waals surface area contributed by atoms with Gasteiger partial charge in [-0.2, -0.15) is 0 Å². The Bertz CT molecular complexity index is 949. The first kappa shape index (κ1) is 19.8. The number of halogens is 1. The molecular formula is C23H26ClN3O2. The van der Waals surface area contributed by atoms with Gasteiger partial charge >= 0.3 is 6.03 Å². The molecule has 2 heterocycles. The van der Waals surface area contributed by atoms with Crippen LogP contribution >= 0.6 is 11.6 Å². The summed E-state index contributed by atoms with van der Waals surface area (Å²) in [5.41, 5.74) is 0.867. The van der Waals surface area contributed by atoms with E-state index in [1.54, 1.807) is 16.8 Å². The van der Waals surface area contributed by atoms with Crippen LogP contribution in [-0.2, 0) is 0 Å². The molecule has 4 rings (SSSR count). The number of carbonyl (C=O) groups is 1. The number of benzene rings is 2. The number of piperidine rings is 1. The van der Waals surface area contributed by atoms with E-state index in [-0.39, 0.29) is 6.03 Å². The third kappa shape index (κ3) is 5.11. The van der Waals surface area contributed by atoms with Gasteiger partial charge in [0, 0.05) is 29.7 Å². The van der Waals surface area contributed by atoms with E-state index >= 15 is 0 Å². The number of aromatic nitrogens is 1. The molecule has 1 fully saturated rings. The van der Waals surface area contributed by atoms with E-state index in [0.717, 1.165) is 55.7 Å². The number of carbonyl (C=O) groups excluding carboxylic acids is 1. The predicted octanol–water partition coefficient (Wildman–Crippen LogP) is 4.64. The van der Waals surface area contributed by atoms with Gasteiger partial charge in [0.25, 0.3) is 0 Å². The van der Waals surface area contributed by atoms with Crippen LogP contribution in [0.3, 0.4) is 0 Å². The first-order valence-corrected chi connectivity index (χ1v) is 10.5. The van der Waals surface area contributed by atoms with Gasteiger partial charge in [-0.3, -0.25) is 4.57 Å². The summed E-state index contributed by atoms with van der Waals surface area (Å²) in [5, 5.41) is 4.66. The van der Waals surface area contributed by atoms with Crippen LogP contribution in [0.1, 0.15) is 12.8 Å². The molecular weight excluding hydrogens is 386 g/mol. The van der Waals surface area contributed by atoms with Gasteiger partial charge in [-0.25, -0.2) is 4.79 Å². The monoisotopic (exact) mass is 411 g/mol. The molecule has 2 aromatic carbocycles. The van der Waals surface area contributed by atoms with Gasteiger partial charge < -0.3 is 15.0 Å². The maximum absolute atomic E-state index is 12.5. The molecule has 6 heteroatoms. The van der Waals surface area contributed by atoms with Crippen molar-refractivity contribution in [3.63, 3.8) is 0 Å². The van der Waals surface area contributed by atoms with Crippen LogP contribution in [0.2, 0.25) is 5.02 Å². The summed E-state index contributed by atoms with van der Waals surface area (Å²) in [4.78, 5) is 14.9. The lowest BCUT2D eigenvalue weighted by Gasteiger charge is -2.31. The van der Waals surface area contributed by atoms with E-state index in [4.69, 9.17) is 16.3 Å². The number of nitrogens with one attached hydrogen (secondary N) is 1. The molecule has 3 aromatic rings. The number of likely N-dealkylation sites (tertiary alicyclic amines) is 1. The van der Waals surface area contributed by atoms with E-state index in [1.807, 2.05) is 48.5 Å². The van der Waals surface area contributed by atoms with Crippen molar-refractivity contribution >= 4 is 28.5 Å². The zero-order valence-corrected chi connectivity index (χ0v) is 17.1. The third-order valence-corrected chi connectivity index (χ3v) is 5.75. The molecule has 1 aliphatic rings. The molecule has 1 aromatic heterocycles. The van der Waals surface area contributed by atoms with E-state index < -0.39 is 0 Å². The summed E-state index contributed by atoms with van der Waals surface area (Å²) in [6.45, 7) is 4.37. The summed E-state index contributed by atoms with van der Waals surface area (Å²) >= 11 is 6.02. The second-order valence-electron chi connectivity index (χ2n) is 7.53. The molecule has 0 atom stereocenters. The fourth-order valence-electron chi connectivity index (χ4n) is 3.80. The Morgan fingerprint density at radius 1 is 1.10 bits per heavy atom. The van der Waals surface area contributed by atoms with Crippen LogP contribution in [-0.4, -0.2) is 48.3 Å². The van der Waals surface area contributed by atoms with Crippen LogP contribution in [0.4, 0.5) is 4.79 Å². The second kappa shape index (κ2) is 9.33. The SMILES string of the molecule is O=C(NCCN1CCC(COc2ccccc2)CC1)n1ccc2cc(Cl)ccc21. The minimum Gasteiger partial charge on any atom is -0.493 e. The average Bonchev–Trinajstić information content (AvgIpc) is 3.17. The van der Waals surface area contributed by atoms with Gasteiger partial charge in [0.2, 0.25) is 0 Å². The van der Waals surface area contributed by atoms with Crippen molar-refractivity contribution in [2.75, 3.05) is 32.8 Å². The number of hydrogen-bond donors (Lipinski definition) is 1. The second-order valence-corrected chi connectivity index (χ2v) is 7.97. The molecule has 0 saturated carbocycles. The number of nitrogens with zero attached hydrogens (tertiary/aromatic N) is 2. The zero-order chi connectivity index (χ0) is 20.1. The summed E-state index contributed by atoms with van der Waals surface area (Å²) in [5.74, 6) is 1.54. The highest BCUT2D eigenvalue weighted by molar-refractivity contribution is 6.31. The summed E-state index contributed by atoms with van der Waals surface area (Å²) in [7, 11) is 0. The van der Waals surface area contributed by atoms with Crippen LogP contribution < -0.4 is 10.1 Å². The largest absolute Gasteiger partial charge is 0.493 e. The van der Waals surface area contributed by atoms with Crippen molar-refractivity contribution in [3.8, 4) is 5.75 Å². The van der Waals surface area contributed by atoms with Gasteiger partial charge in [0.05, 0.1) is 12.1 Å². The molecule has 0 radical (unpaired) electrons. The van der Waals surface area contributed by atoms with Crippen molar-refractivity contribution in [1.29, 1.82) is 0 Å². The fraction of sp³-hybridized carbons (Fsp3) is 0.348. The lowest BCUT2D eigenvalue weighted by Crippen LogP contribution is -2.41. The highest BCUT2D eigenvalue weighted by Gasteiger charge is 2.19. The topological polar surface area (TPSA) is 46.5 Å². The third-order valence-electron chi connectivity index (χ3n) is 5.51. The van der Waals surface area contributed by atoms with E-state index in [0.29, 0.717) is 17.5 Å². The molecule has 0 bridgehead atoms. The van der Waals surface area contributed by atoms with Gasteiger partial charge in [-0.1, -0.05) is 29.8 Å². The van der Waals surface area contributed by atoms with Gasteiger partial charge in [0.1, 0.15) is 5.75 Å². The van der Waals surface area contributed by atoms with E-state index in [1.165, 1.54) is 0 Å². The highest BCUT2D eigenvalue weighted by atomic mass is 35.5. The zero-order valence-electron chi connectivity index (χ0n) is 16.4. The standard InChI is InChI=1S/C23H26ClN3O2/c24-20-6-7-22-19(16-20)10-14-27(22)23(28)25-11-15-26-12-8-18(9-13-26)17-29-21-4-2-1-3-5-21/h1-7,10,14,16,18H,8-9,11-13,15,17H2,(H,25,28). The number of fused-ring (bicyclic) bond motifs is 1. The Hall–Kier alpha value is -2.50. The summed E-state index contributed by atoms with van der Waals surface area (Å²) in [6.07, 6.45) is 4.04. The molecule has 1 saturated heterocycles. The van der Waals surface area contributed by atoms with Gasteiger partial charge in [0.15, 0.2) is 0 Å². The Morgan fingerprint density at radius 2 is 1.90 bits per heavy atom. The number of amides is 1. The first-order chi connectivity index (χ1) is 14.2. The number of hydrogen-bond acceptors (Lipinski definition) is 3. The number of para-hydroxylation sites is 1. The molecule has 1 N–H and O–H groups in total. The first-order valence-electron chi connectivity index (χ1n) is 10.1. The molecule has 5 nitrogen and oxygen atoms in total. The number of rotatable bonds is 6. The molecule has 0 spiro atoms. The van der Waals surface area contributed by atoms with Crippen molar-refractivity contribution in [1.82, 2.24) is 14.8 Å². The maximum atomic E-state index is 12.5. The minimum absolute atomic E-state index is 0.103. The Labute approximate surface area is 176 Å². The van der Waals surface area contributed by atoms with Crippen LogP contribution in [0.15, 0.2) is 60.8 Å². The molecule has 0 aliphatic carbocycles.